The van der Waals surface area contributed by atoms with Crippen LogP contribution < -0.4 is 16.2 Å². The Bertz CT molecular complexity index is 1050. The van der Waals surface area contributed by atoms with Crippen LogP contribution in [0.1, 0.15) is 49.3 Å². The van der Waals surface area contributed by atoms with Gasteiger partial charge in [0.1, 0.15) is 0 Å². The van der Waals surface area contributed by atoms with Crippen molar-refractivity contribution >= 4 is 40.9 Å². The van der Waals surface area contributed by atoms with E-state index >= 15 is 0 Å². The van der Waals surface area contributed by atoms with Gasteiger partial charge < -0.3 is 10.3 Å². The third kappa shape index (κ3) is 4.57. The molecule has 1 aromatic carbocycles. The monoisotopic (exact) mass is 449 g/mol. The standard InChI is InChI=1S/C21H21Cl2N3O4/c1-21(2,12-5-6-24-17(28)9-12)20(30)25-10-11-7-14(22)18(15(23)8-11)13-3-4-16(27)26-19(13)29/h5-9,13H,3-4,10H2,1-2H3,(H,24,28)(H,25,30)(H,26,27,29). The molecule has 0 aliphatic carbocycles. The molecule has 1 unspecified atom stereocenters. The maximum Gasteiger partial charge on any atom is 0.248 e. The van der Waals surface area contributed by atoms with Gasteiger partial charge in [-0.05, 0) is 49.6 Å². The number of hydrogen-bond donors (Lipinski definition) is 3. The van der Waals surface area contributed by atoms with Crippen molar-refractivity contribution in [2.24, 2.45) is 0 Å². The van der Waals surface area contributed by atoms with E-state index in [0.29, 0.717) is 33.2 Å². The van der Waals surface area contributed by atoms with Gasteiger partial charge in [0.15, 0.2) is 0 Å². The molecule has 2 heterocycles. The van der Waals surface area contributed by atoms with Gasteiger partial charge in [0.2, 0.25) is 23.3 Å². The summed E-state index contributed by atoms with van der Waals surface area (Å²) in [4.78, 5) is 50.3. The predicted molar refractivity (Wildman–Crippen MR) is 114 cm³/mol. The number of nitrogens with one attached hydrogen (secondary N) is 3. The number of rotatable bonds is 5. The number of pyridine rings is 1. The van der Waals surface area contributed by atoms with Crippen LogP contribution in [0.4, 0.5) is 0 Å². The average molecular weight is 450 g/mol. The van der Waals surface area contributed by atoms with Crippen LogP contribution in [0.15, 0.2) is 35.3 Å². The number of aromatic amines is 1. The summed E-state index contributed by atoms with van der Waals surface area (Å²) < 4.78 is 0. The number of aromatic nitrogens is 1. The van der Waals surface area contributed by atoms with Crippen molar-refractivity contribution in [2.75, 3.05) is 0 Å². The zero-order chi connectivity index (χ0) is 22.1. The normalized spacial score (nSPS) is 16.9. The van der Waals surface area contributed by atoms with E-state index in [0.717, 1.165) is 0 Å². The molecule has 0 spiro atoms. The van der Waals surface area contributed by atoms with E-state index in [-0.39, 0.29) is 30.3 Å². The molecule has 1 aliphatic heterocycles. The number of benzene rings is 1. The smallest absolute Gasteiger partial charge is 0.248 e. The van der Waals surface area contributed by atoms with Crippen LogP contribution in [-0.2, 0) is 26.3 Å². The Labute approximate surface area is 183 Å². The number of hydrogen-bond acceptors (Lipinski definition) is 4. The molecular weight excluding hydrogens is 429 g/mol. The zero-order valence-corrected chi connectivity index (χ0v) is 18.0. The lowest BCUT2D eigenvalue weighted by Gasteiger charge is -2.25. The molecule has 0 bridgehead atoms. The minimum Gasteiger partial charge on any atom is -0.351 e. The van der Waals surface area contributed by atoms with Crippen molar-refractivity contribution in [3.05, 3.63) is 67.6 Å². The summed E-state index contributed by atoms with van der Waals surface area (Å²) in [6.45, 7) is 3.62. The fourth-order valence-corrected chi connectivity index (χ4v) is 4.20. The first-order valence-corrected chi connectivity index (χ1v) is 10.1. The number of amides is 3. The third-order valence-corrected chi connectivity index (χ3v) is 5.87. The summed E-state index contributed by atoms with van der Waals surface area (Å²) in [6.07, 6.45) is 2.06. The fraction of sp³-hybridized carbons (Fsp3) is 0.333. The van der Waals surface area contributed by atoms with Gasteiger partial charge in [0.05, 0.1) is 11.3 Å². The summed E-state index contributed by atoms with van der Waals surface area (Å²) in [5.74, 6) is -1.60. The fourth-order valence-electron chi connectivity index (χ4n) is 3.41. The Balaban J connectivity index is 1.75. The van der Waals surface area contributed by atoms with Crippen LogP contribution in [0.25, 0.3) is 0 Å². The highest BCUT2D eigenvalue weighted by Crippen LogP contribution is 2.37. The molecule has 3 N–H and O–H groups in total. The summed E-state index contributed by atoms with van der Waals surface area (Å²) >= 11 is 12.8. The van der Waals surface area contributed by atoms with Crippen LogP contribution in [-0.4, -0.2) is 22.7 Å². The molecular formula is C21H21Cl2N3O4. The molecule has 1 fully saturated rings. The Morgan fingerprint density at radius 3 is 2.43 bits per heavy atom. The van der Waals surface area contributed by atoms with Crippen molar-refractivity contribution in [3.63, 3.8) is 0 Å². The van der Waals surface area contributed by atoms with Gasteiger partial charge in [-0.15, -0.1) is 0 Å². The molecule has 158 valence electrons. The average Bonchev–Trinajstić information content (AvgIpc) is 2.67. The number of imide groups is 1. The molecule has 0 saturated carbocycles. The van der Waals surface area contributed by atoms with E-state index < -0.39 is 17.2 Å². The Morgan fingerprint density at radius 1 is 1.17 bits per heavy atom. The lowest BCUT2D eigenvalue weighted by molar-refractivity contribution is -0.134. The first kappa shape index (κ1) is 22.1. The third-order valence-electron chi connectivity index (χ3n) is 5.24. The van der Waals surface area contributed by atoms with Crippen molar-refractivity contribution in [1.29, 1.82) is 0 Å². The quantitative estimate of drug-likeness (QED) is 0.609. The second-order valence-electron chi connectivity index (χ2n) is 7.73. The van der Waals surface area contributed by atoms with Crippen LogP contribution in [0, 0.1) is 0 Å². The van der Waals surface area contributed by atoms with Crippen LogP contribution in [0.3, 0.4) is 0 Å². The van der Waals surface area contributed by atoms with E-state index in [2.05, 4.69) is 15.6 Å². The first-order chi connectivity index (χ1) is 14.1. The maximum atomic E-state index is 12.7. The van der Waals surface area contributed by atoms with Gasteiger partial charge >= 0.3 is 0 Å². The van der Waals surface area contributed by atoms with Gasteiger partial charge in [0.25, 0.3) is 0 Å². The molecule has 2 aromatic rings. The number of carbonyl (C=O) groups is 3. The van der Waals surface area contributed by atoms with E-state index in [1.807, 2.05) is 0 Å². The van der Waals surface area contributed by atoms with Crippen LogP contribution in [0.5, 0.6) is 0 Å². The Morgan fingerprint density at radius 2 is 1.83 bits per heavy atom. The van der Waals surface area contributed by atoms with Gasteiger partial charge in [0, 0.05) is 40.8 Å². The van der Waals surface area contributed by atoms with E-state index in [9.17, 15) is 19.2 Å². The molecule has 7 nitrogen and oxygen atoms in total. The zero-order valence-electron chi connectivity index (χ0n) is 16.5. The highest BCUT2D eigenvalue weighted by molar-refractivity contribution is 6.36. The molecule has 3 rings (SSSR count). The van der Waals surface area contributed by atoms with Crippen LogP contribution in [0.2, 0.25) is 10.0 Å². The Kier molecular flexibility index (Phi) is 6.33. The molecule has 3 amide bonds. The van der Waals surface area contributed by atoms with Crippen molar-refractivity contribution < 1.29 is 14.4 Å². The molecule has 0 radical (unpaired) electrons. The predicted octanol–water partition coefficient (Wildman–Crippen LogP) is 2.80. The Hall–Kier alpha value is -2.64. The lowest BCUT2D eigenvalue weighted by Crippen LogP contribution is -2.40. The largest absolute Gasteiger partial charge is 0.351 e. The van der Waals surface area contributed by atoms with Crippen molar-refractivity contribution in [3.8, 4) is 0 Å². The van der Waals surface area contributed by atoms with Gasteiger partial charge in [-0.25, -0.2) is 0 Å². The minimum absolute atomic E-state index is 0.167. The highest BCUT2D eigenvalue weighted by Gasteiger charge is 2.32. The van der Waals surface area contributed by atoms with Gasteiger partial charge in [-0.3, -0.25) is 24.5 Å². The maximum absolute atomic E-state index is 12.7. The molecule has 1 aromatic heterocycles. The summed E-state index contributed by atoms with van der Waals surface area (Å²) in [5, 5.41) is 5.73. The molecule has 1 aliphatic rings. The van der Waals surface area contributed by atoms with Crippen LogP contribution >= 0.6 is 23.2 Å². The SMILES string of the molecule is CC(C)(C(=O)NCc1cc(Cl)c(C2CCC(=O)NC2=O)c(Cl)c1)c1cc[nH]c(=O)c1. The summed E-state index contributed by atoms with van der Waals surface area (Å²) in [5.41, 5.74) is 0.525. The van der Waals surface area contributed by atoms with Gasteiger partial charge in [-0.1, -0.05) is 23.2 Å². The van der Waals surface area contributed by atoms with Crippen molar-refractivity contribution in [1.82, 2.24) is 15.6 Å². The highest BCUT2D eigenvalue weighted by atomic mass is 35.5. The van der Waals surface area contributed by atoms with E-state index in [4.69, 9.17) is 23.2 Å². The number of H-pyrrole nitrogens is 1. The topological polar surface area (TPSA) is 108 Å². The van der Waals surface area contributed by atoms with Gasteiger partial charge in [-0.2, -0.15) is 0 Å². The molecule has 9 heteroatoms. The molecule has 1 atom stereocenters. The number of piperidine rings is 1. The second kappa shape index (κ2) is 8.62. The number of carbonyl (C=O) groups excluding carboxylic acids is 3. The summed E-state index contributed by atoms with van der Waals surface area (Å²) in [6, 6.07) is 6.37. The van der Waals surface area contributed by atoms with Crippen molar-refractivity contribution in [2.45, 2.75) is 44.6 Å². The first-order valence-electron chi connectivity index (χ1n) is 9.38. The second-order valence-corrected chi connectivity index (χ2v) is 8.54. The van der Waals surface area contributed by atoms with E-state index in [1.54, 1.807) is 32.0 Å². The molecule has 1 saturated heterocycles. The minimum atomic E-state index is -0.922. The molecule has 30 heavy (non-hydrogen) atoms. The van der Waals surface area contributed by atoms with E-state index in [1.165, 1.54) is 12.3 Å². The lowest BCUT2D eigenvalue weighted by atomic mass is 9.84. The number of halogens is 2. The summed E-state index contributed by atoms with van der Waals surface area (Å²) in [7, 11) is 0.